The van der Waals surface area contributed by atoms with Crippen LogP contribution in [-0.2, 0) is 0 Å². The van der Waals surface area contributed by atoms with Gasteiger partial charge in [-0.05, 0) is 31.2 Å². The average Bonchev–Trinajstić information content (AvgIpc) is 2.74. The van der Waals surface area contributed by atoms with E-state index in [2.05, 4.69) is 4.98 Å². The summed E-state index contributed by atoms with van der Waals surface area (Å²) in [5.74, 6) is -0.112. The first kappa shape index (κ1) is 12.8. The van der Waals surface area contributed by atoms with Crippen LogP contribution in [0.5, 0.6) is 0 Å². The second-order valence-corrected chi connectivity index (χ2v) is 5.24. The smallest absolute Gasteiger partial charge is 0.211 e. The molecule has 0 unspecified atom stereocenters. The largest absolute Gasteiger partial charge is 0.396 e. The van der Waals surface area contributed by atoms with Crippen molar-refractivity contribution in [3.8, 4) is 0 Å². The number of benzene rings is 2. The number of aromatic amines is 1. The van der Waals surface area contributed by atoms with Gasteiger partial charge in [0.25, 0.3) is 0 Å². The molecule has 0 saturated heterocycles. The maximum Gasteiger partial charge on any atom is 0.211 e. The lowest BCUT2D eigenvalue weighted by molar-refractivity contribution is 0.103. The summed E-state index contributed by atoms with van der Waals surface area (Å²) in [6.45, 7) is 1.95. The second kappa shape index (κ2) is 4.69. The number of carbonyl (C=O) groups excluding carboxylic acids is 1. The number of fused-ring (bicyclic) bond motifs is 1. The zero-order valence-corrected chi connectivity index (χ0v) is 11.7. The summed E-state index contributed by atoms with van der Waals surface area (Å²) in [6, 6.07) is 12.8. The van der Waals surface area contributed by atoms with Crippen LogP contribution in [-0.4, -0.2) is 10.8 Å². The van der Waals surface area contributed by atoms with Crippen LogP contribution in [0.1, 0.15) is 21.6 Å². The molecule has 2 aromatic carbocycles. The molecule has 0 radical (unpaired) electrons. The highest BCUT2D eigenvalue weighted by Crippen LogP contribution is 2.28. The van der Waals surface area contributed by atoms with E-state index in [0.717, 1.165) is 16.5 Å². The van der Waals surface area contributed by atoms with Gasteiger partial charge in [-0.2, -0.15) is 0 Å². The van der Waals surface area contributed by atoms with Crippen molar-refractivity contribution >= 4 is 34.0 Å². The number of hydrogen-bond acceptors (Lipinski definition) is 2. The van der Waals surface area contributed by atoms with E-state index in [1.807, 2.05) is 31.2 Å². The molecule has 0 aliphatic heterocycles. The molecule has 0 saturated carbocycles. The van der Waals surface area contributed by atoms with Crippen molar-refractivity contribution in [3.63, 3.8) is 0 Å². The predicted octanol–water partition coefficient (Wildman–Crippen LogP) is 3.94. The number of anilines is 1. The Kier molecular flexibility index (Phi) is 2.99. The third-order valence-electron chi connectivity index (χ3n) is 3.31. The number of ketones is 1. The zero-order chi connectivity index (χ0) is 14.3. The Morgan fingerprint density at radius 1 is 1.20 bits per heavy atom. The third-order valence-corrected chi connectivity index (χ3v) is 3.54. The molecule has 0 spiro atoms. The Morgan fingerprint density at radius 2 is 2.00 bits per heavy atom. The summed E-state index contributed by atoms with van der Waals surface area (Å²) in [6.07, 6.45) is 0. The number of halogens is 1. The molecule has 0 bridgehead atoms. The Balaban J connectivity index is 2.14. The van der Waals surface area contributed by atoms with E-state index in [0.29, 0.717) is 22.0 Å². The zero-order valence-electron chi connectivity index (χ0n) is 10.9. The van der Waals surface area contributed by atoms with Crippen LogP contribution in [0.4, 0.5) is 5.69 Å². The molecule has 100 valence electrons. The lowest BCUT2D eigenvalue weighted by atomic mass is 10.0. The number of hydrogen-bond donors (Lipinski definition) is 2. The molecule has 3 rings (SSSR count). The maximum atomic E-state index is 12.5. The summed E-state index contributed by atoms with van der Waals surface area (Å²) in [5.41, 5.74) is 9.37. The van der Waals surface area contributed by atoms with Gasteiger partial charge in [0, 0.05) is 21.5 Å². The predicted molar refractivity (Wildman–Crippen MR) is 82.3 cm³/mol. The van der Waals surface area contributed by atoms with Crippen molar-refractivity contribution in [3.05, 3.63) is 64.3 Å². The van der Waals surface area contributed by atoms with Crippen LogP contribution < -0.4 is 5.73 Å². The van der Waals surface area contributed by atoms with Crippen LogP contribution >= 0.6 is 11.6 Å². The molecule has 1 aromatic heterocycles. The fourth-order valence-corrected chi connectivity index (χ4v) is 2.47. The summed E-state index contributed by atoms with van der Waals surface area (Å²) in [7, 11) is 0. The molecule has 0 aliphatic rings. The maximum absolute atomic E-state index is 12.5. The third kappa shape index (κ3) is 2.06. The SMILES string of the molecule is Cc1cccc(C(=O)c2[nH]c3cc(Cl)ccc3c2N)c1. The molecule has 3 nitrogen and oxygen atoms in total. The number of aromatic nitrogens is 1. The van der Waals surface area contributed by atoms with Crippen LogP contribution in [0.3, 0.4) is 0 Å². The Bertz CT molecular complexity index is 820. The quantitative estimate of drug-likeness (QED) is 0.700. The number of carbonyl (C=O) groups is 1. The molecule has 0 amide bonds. The van der Waals surface area contributed by atoms with Crippen molar-refractivity contribution in [2.45, 2.75) is 6.92 Å². The van der Waals surface area contributed by atoms with Crippen LogP contribution in [0.25, 0.3) is 10.9 Å². The highest BCUT2D eigenvalue weighted by atomic mass is 35.5. The van der Waals surface area contributed by atoms with E-state index in [-0.39, 0.29) is 5.78 Å². The van der Waals surface area contributed by atoms with Crippen LogP contribution in [0.2, 0.25) is 5.02 Å². The molecule has 4 heteroatoms. The standard InChI is InChI=1S/C16H13ClN2O/c1-9-3-2-4-10(7-9)16(20)15-14(18)12-6-5-11(17)8-13(12)19-15/h2-8,19H,18H2,1H3. The Hall–Kier alpha value is -2.26. The fraction of sp³-hybridized carbons (Fsp3) is 0.0625. The van der Waals surface area contributed by atoms with Crippen molar-refractivity contribution in [1.82, 2.24) is 4.98 Å². The van der Waals surface area contributed by atoms with Gasteiger partial charge in [-0.15, -0.1) is 0 Å². The van der Waals surface area contributed by atoms with Crippen LogP contribution in [0.15, 0.2) is 42.5 Å². The minimum Gasteiger partial charge on any atom is -0.396 e. The molecule has 20 heavy (non-hydrogen) atoms. The molecule has 3 N–H and O–H groups in total. The van der Waals surface area contributed by atoms with E-state index < -0.39 is 0 Å². The Morgan fingerprint density at radius 3 is 2.75 bits per heavy atom. The minimum atomic E-state index is -0.112. The first-order valence-electron chi connectivity index (χ1n) is 6.24. The van der Waals surface area contributed by atoms with Gasteiger partial charge in [-0.25, -0.2) is 0 Å². The van der Waals surface area contributed by atoms with E-state index in [1.54, 1.807) is 18.2 Å². The number of aryl methyl sites for hydroxylation is 1. The molecule has 0 atom stereocenters. The minimum absolute atomic E-state index is 0.112. The highest BCUT2D eigenvalue weighted by molar-refractivity contribution is 6.31. The number of nitrogen functional groups attached to an aromatic ring is 1. The van der Waals surface area contributed by atoms with Crippen molar-refractivity contribution < 1.29 is 4.79 Å². The normalized spacial score (nSPS) is 10.9. The summed E-state index contributed by atoms with van der Waals surface area (Å²) in [5, 5.41) is 1.42. The number of nitrogens with two attached hydrogens (primary N) is 1. The summed E-state index contributed by atoms with van der Waals surface area (Å²) < 4.78 is 0. The average molecular weight is 285 g/mol. The van der Waals surface area contributed by atoms with Gasteiger partial charge in [0.1, 0.15) is 5.69 Å². The van der Waals surface area contributed by atoms with Gasteiger partial charge >= 0.3 is 0 Å². The molecular formula is C16H13ClN2O. The lowest BCUT2D eigenvalue weighted by Crippen LogP contribution is -2.05. The van der Waals surface area contributed by atoms with Gasteiger partial charge in [0.05, 0.1) is 5.69 Å². The van der Waals surface area contributed by atoms with E-state index in [4.69, 9.17) is 17.3 Å². The molecule has 1 heterocycles. The number of nitrogens with one attached hydrogen (secondary N) is 1. The first-order valence-corrected chi connectivity index (χ1v) is 6.62. The molecular weight excluding hydrogens is 272 g/mol. The number of H-pyrrole nitrogens is 1. The van der Waals surface area contributed by atoms with E-state index >= 15 is 0 Å². The number of rotatable bonds is 2. The lowest BCUT2D eigenvalue weighted by Gasteiger charge is -2.01. The van der Waals surface area contributed by atoms with Gasteiger partial charge in [-0.3, -0.25) is 4.79 Å². The Labute approximate surface area is 121 Å². The van der Waals surface area contributed by atoms with Gasteiger partial charge in [-0.1, -0.05) is 35.4 Å². The van der Waals surface area contributed by atoms with Crippen molar-refractivity contribution in [2.24, 2.45) is 0 Å². The van der Waals surface area contributed by atoms with Crippen molar-refractivity contribution in [1.29, 1.82) is 0 Å². The van der Waals surface area contributed by atoms with Gasteiger partial charge in [0.2, 0.25) is 5.78 Å². The fourth-order valence-electron chi connectivity index (χ4n) is 2.30. The summed E-state index contributed by atoms with van der Waals surface area (Å²) in [4.78, 5) is 15.6. The molecule has 0 aliphatic carbocycles. The topological polar surface area (TPSA) is 58.9 Å². The van der Waals surface area contributed by atoms with Crippen molar-refractivity contribution in [2.75, 3.05) is 5.73 Å². The second-order valence-electron chi connectivity index (χ2n) is 4.80. The first-order chi connectivity index (χ1) is 9.56. The molecule has 0 fully saturated rings. The van der Waals surface area contributed by atoms with E-state index in [9.17, 15) is 4.79 Å². The summed E-state index contributed by atoms with van der Waals surface area (Å²) >= 11 is 5.95. The van der Waals surface area contributed by atoms with Crippen LogP contribution in [0, 0.1) is 6.92 Å². The van der Waals surface area contributed by atoms with Gasteiger partial charge < -0.3 is 10.7 Å². The molecule has 3 aromatic rings. The monoisotopic (exact) mass is 284 g/mol. The van der Waals surface area contributed by atoms with E-state index in [1.165, 1.54) is 0 Å². The highest BCUT2D eigenvalue weighted by Gasteiger charge is 2.17. The van der Waals surface area contributed by atoms with Gasteiger partial charge in [0.15, 0.2) is 0 Å².